The predicted molar refractivity (Wildman–Crippen MR) is 134 cm³/mol. The van der Waals surface area contributed by atoms with Crippen molar-refractivity contribution in [3.05, 3.63) is 11.6 Å². The standard InChI is InChI=1S/C30H48O3/c1-4-5-6-7-8-9-10-11-12-28(32)33-27-16-15-25-24-14-13-22-21-23(31)17-19-29(22,2)26(24)18-20-30(25,27)3/h21,24-27H,4-20H2,1-3H3/t24-,25+,26-,27-,29-,30-/m0/s1. The van der Waals surface area contributed by atoms with Crippen LogP contribution in [0.2, 0.25) is 0 Å². The molecule has 0 aromatic heterocycles. The Bertz CT molecular complexity index is 739. The van der Waals surface area contributed by atoms with Crippen LogP contribution >= 0.6 is 0 Å². The minimum atomic E-state index is 0.0431. The molecule has 0 aromatic carbocycles. The van der Waals surface area contributed by atoms with Crippen molar-refractivity contribution >= 4 is 11.8 Å². The number of esters is 1. The van der Waals surface area contributed by atoms with Crippen LogP contribution in [-0.2, 0) is 14.3 Å². The fraction of sp³-hybridized carbons (Fsp3) is 0.867. The van der Waals surface area contributed by atoms with Gasteiger partial charge in [0.1, 0.15) is 6.10 Å². The second kappa shape index (κ2) is 10.6. The quantitative estimate of drug-likeness (QED) is 0.247. The van der Waals surface area contributed by atoms with E-state index in [0.29, 0.717) is 24.0 Å². The smallest absolute Gasteiger partial charge is 0.306 e. The van der Waals surface area contributed by atoms with Crippen molar-refractivity contribution in [2.24, 2.45) is 28.6 Å². The molecule has 0 spiro atoms. The molecule has 33 heavy (non-hydrogen) atoms. The number of ether oxygens (including phenoxy) is 1. The molecule has 3 fully saturated rings. The molecule has 0 aliphatic heterocycles. The molecule has 0 unspecified atom stereocenters. The first kappa shape index (κ1) is 25.0. The highest BCUT2D eigenvalue weighted by Gasteiger charge is 2.59. The van der Waals surface area contributed by atoms with Gasteiger partial charge in [0, 0.05) is 18.3 Å². The lowest BCUT2D eigenvalue weighted by atomic mass is 9.47. The van der Waals surface area contributed by atoms with Crippen molar-refractivity contribution in [3.63, 3.8) is 0 Å². The molecule has 3 nitrogen and oxygen atoms in total. The molecule has 0 heterocycles. The van der Waals surface area contributed by atoms with E-state index >= 15 is 0 Å². The van der Waals surface area contributed by atoms with Gasteiger partial charge in [-0.2, -0.15) is 0 Å². The number of ketones is 1. The topological polar surface area (TPSA) is 43.4 Å². The summed E-state index contributed by atoms with van der Waals surface area (Å²) in [5, 5.41) is 0. The van der Waals surface area contributed by atoms with Gasteiger partial charge < -0.3 is 4.74 Å². The molecule has 4 aliphatic rings. The first-order valence-corrected chi connectivity index (χ1v) is 14.3. The predicted octanol–water partition coefficient (Wildman–Crippen LogP) is 7.96. The Morgan fingerprint density at radius 2 is 1.64 bits per heavy atom. The highest BCUT2D eigenvalue weighted by atomic mass is 16.5. The number of unbranched alkanes of at least 4 members (excludes halogenated alkanes) is 7. The first-order valence-electron chi connectivity index (χ1n) is 14.3. The van der Waals surface area contributed by atoms with Gasteiger partial charge >= 0.3 is 5.97 Å². The van der Waals surface area contributed by atoms with Crippen LogP contribution in [0.15, 0.2) is 11.6 Å². The van der Waals surface area contributed by atoms with E-state index in [1.54, 1.807) is 0 Å². The highest BCUT2D eigenvalue weighted by molar-refractivity contribution is 5.91. The summed E-state index contributed by atoms with van der Waals surface area (Å²) in [5.41, 5.74) is 1.82. The van der Waals surface area contributed by atoms with Gasteiger partial charge in [0.05, 0.1) is 0 Å². The minimum absolute atomic E-state index is 0.0431. The van der Waals surface area contributed by atoms with Gasteiger partial charge in [-0.1, -0.05) is 71.3 Å². The molecule has 6 atom stereocenters. The Hall–Kier alpha value is -1.12. The first-order chi connectivity index (χ1) is 15.9. The molecular formula is C30H48O3. The molecular weight excluding hydrogens is 408 g/mol. The molecule has 186 valence electrons. The summed E-state index contributed by atoms with van der Waals surface area (Å²) in [7, 11) is 0. The zero-order chi connectivity index (χ0) is 23.5. The maximum atomic E-state index is 12.7. The second-order valence-corrected chi connectivity index (χ2v) is 12.3. The molecule has 3 saturated carbocycles. The molecule has 0 N–H and O–H groups in total. The summed E-state index contributed by atoms with van der Waals surface area (Å²) in [6, 6.07) is 0. The fourth-order valence-electron chi connectivity index (χ4n) is 8.33. The van der Waals surface area contributed by atoms with Crippen LogP contribution in [0.4, 0.5) is 0 Å². The normalized spacial score (nSPS) is 37.7. The van der Waals surface area contributed by atoms with E-state index in [-0.39, 0.29) is 22.9 Å². The van der Waals surface area contributed by atoms with E-state index < -0.39 is 0 Å². The van der Waals surface area contributed by atoms with Gasteiger partial charge in [0.2, 0.25) is 0 Å². The summed E-state index contributed by atoms with van der Waals surface area (Å²) in [5.74, 6) is 2.49. The maximum Gasteiger partial charge on any atom is 0.306 e. The van der Waals surface area contributed by atoms with E-state index in [2.05, 4.69) is 20.8 Å². The second-order valence-electron chi connectivity index (χ2n) is 12.3. The van der Waals surface area contributed by atoms with Crippen molar-refractivity contribution in [2.75, 3.05) is 0 Å². The van der Waals surface area contributed by atoms with E-state index in [4.69, 9.17) is 4.74 Å². The van der Waals surface area contributed by atoms with Crippen LogP contribution in [0.5, 0.6) is 0 Å². The number of fused-ring (bicyclic) bond motifs is 5. The third-order valence-electron chi connectivity index (χ3n) is 10.4. The third-order valence-corrected chi connectivity index (χ3v) is 10.4. The zero-order valence-corrected chi connectivity index (χ0v) is 21.6. The Kier molecular flexibility index (Phi) is 8.06. The van der Waals surface area contributed by atoms with Crippen molar-refractivity contribution < 1.29 is 14.3 Å². The number of allylic oxidation sites excluding steroid dienone is 1. The molecule has 0 amide bonds. The van der Waals surface area contributed by atoms with E-state index in [1.165, 1.54) is 69.8 Å². The Morgan fingerprint density at radius 1 is 0.909 bits per heavy atom. The third kappa shape index (κ3) is 5.13. The van der Waals surface area contributed by atoms with E-state index in [9.17, 15) is 9.59 Å². The lowest BCUT2D eigenvalue weighted by molar-refractivity contribution is -0.160. The highest BCUT2D eigenvalue weighted by Crippen LogP contribution is 2.65. The molecule has 4 rings (SSSR count). The molecule has 0 saturated heterocycles. The molecule has 0 aromatic rings. The van der Waals surface area contributed by atoms with Gasteiger partial charge in [-0.3, -0.25) is 9.59 Å². The largest absolute Gasteiger partial charge is 0.462 e. The summed E-state index contributed by atoms with van der Waals surface area (Å²) >= 11 is 0. The summed E-state index contributed by atoms with van der Waals surface area (Å²) in [6.07, 6.45) is 21.5. The zero-order valence-electron chi connectivity index (χ0n) is 21.6. The number of carbonyl (C=O) groups excluding carboxylic acids is 2. The van der Waals surface area contributed by atoms with Crippen LogP contribution in [0.1, 0.15) is 130 Å². The van der Waals surface area contributed by atoms with Gasteiger partial charge in [-0.05, 0) is 80.6 Å². The van der Waals surface area contributed by atoms with E-state index in [0.717, 1.165) is 44.4 Å². The molecule has 4 aliphatic carbocycles. The Morgan fingerprint density at radius 3 is 2.39 bits per heavy atom. The van der Waals surface area contributed by atoms with Crippen LogP contribution in [0.25, 0.3) is 0 Å². The summed E-state index contributed by atoms with van der Waals surface area (Å²) in [4.78, 5) is 24.7. The average molecular weight is 457 g/mol. The van der Waals surface area contributed by atoms with Crippen LogP contribution in [0, 0.1) is 28.6 Å². The van der Waals surface area contributed by atoms with Crippen LogP contribution in [0.3, 0.4) is 0 Å². The molecule has 0 radical (unpaired) electrons. The lowest BCUT2D eigenvalue weighted by Crippen LogP contribution is -2.51. The SMILES string of the molecule is CCCCCCCCCCC(=O)O[C@H]1CC[C@@H]2[C@@H]3CCC4=CC(=O)CC[C@]4(C)[C@H]3CC[C@]12C. The fourth-order valence-corrected chi connectivity index (χ4v) is 8.33. The number of hydrogen-bond donors (Lipinski definition) is 0. The van der Waals surface area contributed by atoms with Gasteiger partial charge in [-0.15, -0.1) is 0 Å². The van der Waals surface area contributed by atoms with Crippen LogP contribution in [-0.4, -0.2) is 17.9 Å². The lowest BCUT2D eigenvalue weighted by Gasteiger charge is -2.57. The maximum absolute atomic E-state index is 12.7. The number of rotatable bonds is 10. The monoisotopic (exact) mass is 456 g/mol. The minimum Gasteiger partial charge on any atom is -0.462 e. The van der Waals surface area contributed by atoms with Crippen molar-refractivity contribution in [1.29, 1.82) is 0 Å². The van der Waals surface area contributed by atoms with Gasteiger partial charge in [-0.25, -0.2) is 0 Å². The number of hydrogen-bond acceptors (Lipinski definition) is 3. The molecule has 3 heteroatoms. The number of carbonyl (C=O) groups is 2. The average Bonchev–Trinajstić information content (AvgIpc) is 3.12. The summed E-state index contributed by atoms with van der Waals surface area (Å²) in [6.45, 7) is 7.13. The van der Waals surface area contributed by atoms with Gasteiger partial charge in [0.15, 0.2) is 5.78 Å². The van der Waals surface area contributed by atoms with Gasteiger partial charge in [0.25, 0.3) is 0 Å². The van der Waals surface area contributed by atoms with Crippen molar-refractivity contribution in [1.82, 2.24) is 0 Å². The van der Waals surface area contributed by atoms with Crippen molar-refractivity contribution in [2.45, 2.75) is 136 Å². The van der Waals surface area contributed by atoms with E-state index in [1.807, 2.05) is 6.08 Å². The Balaban J connectivity index is 1.27. The van der Waals surface area contributed by atoms with Crippen molar-refractivity contribution in [3.8, 4) is 0 Å². The summed E-state index contributed by atoms with van der Waals surface area (Å²) < 4.78 is 6.17. The van der Waals surface area contributed by atoms with Crippen LogP contribution < -0.4 is 0 Å². The Labute approximate surface area is 202 Å². The molecule has 0 bridgehead atoms.